The number of hydrogen-bond acceptors (Lipinski definition) is 5. The molecule has 0 radical (unpaired) electrons. The largest absolute Gasteiger partial charge is 0.478 e. The van der Waals surface area contributed by atoms with Crippen molar-refractivity contribution in [3.63, 3.8) is 0 Å². The molecule has 0 aliphatic carbocycles. The summed E-state index contributed by atoms with van der Waals surface area (Å²) in [5.41, 5.74) is 0.794. The zero-order chi connectivity index (χ0) is 14.1. The molecule has 2 heterocycles. The van der Waals surface area contributed by atoms with Crippen molar-refractivity contribution in [3.05, 3.63) is 60.2 Å². The summed E-state index contributed by atoms with van der Waals surface area (Å²) in [6.07, 6.45) is 5.99. The normalized spacial score (nSPS) is 8.89. The Balaban J connectivity index is 0.000000191. The van der Waals surface area contributed by atoms with Crippen LogP contribution in [0.3, 0.4) is 0 Å². The average molecular weight is 260 g/mol. The summed E-state index contributed by atoms with van der Waals surface area (Å²) in [6.45, 7) is 0. The summed E-state index contributed by atoms with van der Waals surface area (Å²) in [7, 11) is 1.35. The van der Waals surface area contributed by atoms with Crippen molar-refractivity contribution in [2.75, 3.05) is 7.11 Å². The molecule has 1 N–H and O–H groups in total. The number of aromatic carboxylic acids is 1. The monoisotopic (exact) mass is 260 g/mol. The zero-order valence-corrected chi connectivity index (χ0v) is 10.2. The van der Waals surface area contributed by atoms with Crippen LogP contribution in [0.2, 0.25) is 0 Å². The van der Waals surface area contributed by atoms with E-state index in [0.29, 0.717) is 5.56 Å². The minimum absolute atomic E-state index is 0.269. The molecule has 6 heteroatoms. The van der Waals surface area contributed by atoms with Crippen molar-refractivity contribution < 1.29 is 19.4 Å². The Bertz CT molecular complexity index is 529. The molecule has 2 rings (SSSR count). The van der Waals surface area contributed by atoms with Crippen LogP contribution in [0, 0.1) is 0 Å². The standard InChI is InChI=1S/C7H7NO2.C6H5NO2/c1-10-7(9)6-2-4-8-5-3-6;8-6(9)5-1-3-7-4-2-5/h2-5H,1H3;1-4H,(H,8,9). The lowest BCUT2D eigenvalue weighted by Gasteiger charge is -1.95. The Morgan fingerprint density at radius 1 is 0.947 bits per heavy atom. The Morgan fingerprint density at radius 3 is 1.68 bits per heavy atom. The fraction of sp³-hybridized carbons (Fsp3) is 0.0769. The van der Waals surface area contributed by atoms with Gasteiger partial charge in [0.1, 0.15) is 0 Å². The van der Waals surface area contributed by atoms with Crippen LogP contribution >= 0.6 is 0 Å². The van der Waals surface area contributed by atoms with Crippen LogP contribution < -0.4 is 0 Å². The number of nitrogens with zero attached hydrogens (tertiary/aromatic N) is 2. The third-order valence-electron chi connectivity index (χ3n) is 2.03. The number of esters is 1. The number of aromatic nitrogens is 2. The fourth-order valence-corrected chi connectivity index (χ4v) is 1.10. The lowest BCUT2D eigenvalue weighted by molar-refractivity contribution is 0.0599. The number of pyridine rings is 2. The van der Waals surface area contributed by atoms with Crippen LogP contribution in [-0.2, 0) is 4.74 Å². The van der Waals surface area contributed by atoms with Crippen LogP contribution in [0.4, 0.5) is 0 Å². The summed E-state index contributed by atoms with van der Waals surface area (Å²) < 4.78 is 4.47. The molecule has 0 atom stereocenters. The van der Waals surface area contributed by atoms with E-state index in [9.17, 15) is 9.59 Å². The molecule has 0 unspecified atom stereocenters. The number of carboxylic acid groups (broad SMARTS) is 1. The first-order valence-corrected chi connectivity index (χ1v) is 5.27. The first-order chi connectivity index (χ1) is 9.15. The fourth-order valence-electron chi connectivity index (χ4n) is 1.10. The van der Waals surface area contributed by atoms with Gasteiger partial charge < -0.3 is 9.84 Å². The van der Waals surface area contributed by atoms with Gasteiger partial charge in [-0.2, -0.15) is 0 Å². The molecule has 0 amide bonds. The van der Waals surface area contributed by atoms with E-state index in [0.717, 1.165) is 0 Å². The second-order valence-corrected chi connectivity index (χ2v) is 3.27. The lowest BCUT2D eigenvalue weighted by atomic mass is 10.3. The van der Waals surface area contributed by atoms with Crippen molar-refractivity contribution in [1.82, 2.24) is 9.97 Å². The van der Waals surface area contributed by atoms with Crippen molar-refractivity contribution in [2.24, 2.45) is 0 Å². The number of carbonyl (C=O) groups is 2. The molecule has 2 aromatic rings. The van der Waals surface area contributed by atoms with Crippen molar-refractivity contribution in [3.8, 4) is 0 Å². The van der Waals surface area contributed by atoms with Crippen LogP contribution in [0.25, 0.3) is 0 Å². The molecule has 0 saturated heterocycles. The number of rotatable bonds is 2. The lowest BCUT2D eigenvalue weighted by Crippen LogP contribution is -2.00. The number of ether oxygens (including phenoxy) is 1. The smallest absolute Gasteiger partial charge is 0.337 e. The van der Waals surface area contributed by atoms with Crippen molar-refractivity contribution >= 4 is 11.9 Å². The Morgan fingerprint density at radius 2 is 1.37 bits per heavy atom. The molecule has 19 heavy (non-hydrogen) atoms. The van der Waals surface area contributed by atoms with E-state index in [-0.39, 0.29) is 11.5 Å². The molecule has 0 aromatic carbocycles. The molecule has 6 nitrogen and oxygen atoms in total. The maximum absolute atomic E-state index is 10.8. The predicted octanol–water partition coefficient (Wildman–Crippen LogP) is 1.65. The van der Waals surface area contributed by atoms with Crippen molar-refractivity contribution in [1.29, 1.82) is 0 Å². The number of carbonyl (C=O) groups excluding carboxylic acids is 1. The van der Waals surface area contributed by atoms with Gasteiger partial charge in [0.05, 0.1) is 18.2 Å². The van der Waals surface area contributed by atoms with Gasteiger partial charge in [-0.1, -0.05) is 0 Å². The van der Waals surface area contributed by atoms with E-state index in [1.807, 2.05) is 0 Å². The van der Waals surface area contributed by atoms with Gasteiger partial charge in [0, 0.05) is 24.8 Å². The van der Waals surface area contributed by atoms with Gasteiger partial charge in [0.15, 0.2) is 0 Å². The number of hydrogen-bond donors (Lipinski definition) is 1. The molecule has 98 valence electrons. The highest BCUT2D eigenvalue weighted by atomic mass is 16.5. The van der Waals surface area contributed by atoms with Crippen LogP contribution in [0.15, 0.2) is 49.1 Å². The minimum atomic E-state index is -0.919. The molecule has 0 bridgehead atoms. The van der Waals surface area contributed by atoms with Gasteiger partial charge >= 0.3 is 11.9 Å². The Hall–Kier alpha value is -2.76. The van der Waals surface area contributed by atoms with Gasteiger partial charge in [-0.15, -0.1) is 0 Å². The van der Waals surface area contributed by atoms with Crippen molar-refractivity contribution in [2.45, 2.75) is 0 Å². The Labute approximate surface area is 109 Å². The quantitative estimate of drug-likeness (QED) is 0.826. The number of methoxy groups -OCH3 is 1. The highest BCUT2D eigenvalue weighted by molar-refractivity contribution is 5.89. The number of carboxylic acids is 1. The molecule has 0 aliphatic rings. The molecular formula is C13H12N2O4. The SMILES string of the molecule is COC(=O)c1ccncc1.O=C(O)c1ccncc1. The van der Waals surface area contributed by atoms with Gasteiger partial charge in [-0.3, -0.25) is 9.97 Å². The molecule has 0 spiro atoms. The van der Waals surface area contributed by atoms with E-state index < -0.39 is 5.97 Å². The molecule has 0 aliphatic heterocycles. The summed E-state index contributed by atoms with van der Waals surface area (Å²) >= 11 is 0. The molecule has 0 fully saturated rings. The highest BCUT2D eigenvalue weighted by Gasteiger charge is 2.01. The van der Waals surface area contributed by atoms with E-state index in [1.165, 1.54) is 31.6 Å². The predicted molar refractivity (Wildman–Crippen MR) is 66.8 cm³/mol. The van der Waals surface area contributed by atoms with Gasteiger partial charge in [-0.05, 0) is 24.3 Å². The van der Waals surface area contributed by atoms with Gasteiger partial charge in [0.25, 0.3) is 0 Å². The summed E-state index contributed by atoms with van der Waals surface area (Å²) in [5, 5.41) is 8.36. The summed E-state index contributed by atoms with van der Waals surface area (Å²) in [6, 6.07) is 6.10. The van der Waals surface area contributed by atoms with Gasteiger partial charge in [-0.25, -0.2) is 9.59 Å². The molecular weight excluding hydrogens is 248 g/mol. The first kappa shape index (κ1) is 14.3. The van der Waals surface area contributed by atoms with E-state index >= 15 is 0 Å². The maximum Gasteiger partial charge on any atom is 0.337 e. The van der Waals surface area contributed by atoms with Crippen LogP contribution in [0.5, 0.6) is 0 Å². The second-order valence-electron chi connectivity index (χ2n) is 3.27. The van der Waals surface area contributed by atoms with Gasteiger partial charge in [0.2, 0.25) is 0 Å². The maximum atomic E-state index is 10.8. The first-order valence-electron chi connectivity index (χ1n) is 5.27. The second kappa shape index (κ2) is 7.54. The topological polar surface area (TPSA) is 89.4 Å². The minimum Gasteiger partial charge on any atom is -0.478 e. The van der Waals surface area contributed by atoms with E-state index in [2.05, 4.69) is 14.7 Å². The van der Waals surface area contributed by atoms with Crippen LogP contribution in [0.1, 0.15) is 20.7 Å². The third-order valence-corrected chi connectivity index (χ3v) is 2.03. The molecule has 0 saturated carbocycles. The van der Waals surface area contributed by atoms with E-state index in [1.54, 1.807) is 24.5 Å². The summed E-state index contributed by atoms with van der Waals surface area (Å²) in [5.74, 6) is -1.25. The third kappa shape index (κ3) is 4.95. The molecule has 2 aromatic heterocycles. The van der Waals surface area contributed by atoms with Crippen LogP contribution in [-0.4, -0.2) is 34.1 Å². The Kier molecular flexibility index (Phi) is 5.68. The average Bonchev–Trinajstić information content (AvgIpc) is 2.49. The zero-order valence-electron chi connectivity index (χ0n) is 10.2. The summed E-state index contributed by atoms with van der Waals surface area (Å²) in [4.78, 5) is 28.4. The van der Waals surface area contributed by atoms with E-state index in [4.69, 9.17) is 5.11 Å². The highest BCUT2D eigenvalue weighted by Crippen LogP contribution is 1.96.